The van der Waals surface area contributed by atoms with Crippen LogP contribution in [0, 0.1) is 18.8 Å². The monoisotopic (exact) mass is 278 g/mol. The molecule has 1 rings (SSSR count). The Kier molecular flexibility index (Phi) is 8.48. The SMILES string of the molecule is COCCOCCOc1ccc(C#CCCO)cc1C. The van der Waals surface area contributed by atoms with Crippen LogP contribution in [0.4, 0.5) is 0 Å². The van der Waals surface area contributed by atoms with E-state index in [4.69, 9.17) is 19.3 Å². The van der Waals surface area contributed by atoms with Crippen LogP contribution in [0.2, 0.25) is 0 Å². The van der Waals surface area contributed by atoms with E-state index in [1.165, 1.54) is 0 Å². The van der Waals surface area contributed by atoms with E-state index < -0.39 is 0 Å². The lowest BCUT2D eigenvalue weighted by molar-refractivity contribution is 0.0543. The van der Waals surface area contributed by atoms with Gasteiger partial charge < -0.3 is 19.3 Å². The van der Waals surface area contributed by atoms with Gasteiger partial charge in [0.2, 0.25) is 0 Å². The molecule has 4 nitrogen and oxygen atoms in total. The molecular formula is C16H22O4. The number of benzene rings is 1. The molecular weight excluding hydrogens is 256 g/mol. The molecule has 0 aliphatic rings. The second kappa shape index (κ2) is 10.3. The first-order valence-corrected chi connectivity index (χ1v) is 6.67. The first-order chi connectivity index (χ1) is 9.77. The standard InChI is InChI=1S/C16H22O4/c1-14-13-15(5-3-4-8-17)6-7-16(14)20-12-11-19-10-9-18-2/h6-7,13,17H,4,8-12H2,1-2H3. The summed E-state index contributed by atoms with van der Waals surface area (Å²) in [5.74, 6) is 6.74. The highest BCUT2D eigenvalue weighted by Gasteiger charge is 2.00. The van der Waals surface area contributed by atoms with Gasteiger partial charge in [-0.05, 0) is 30.7 Å². The summed E-state index contributed by atoms with van der Waals surface area (Å²) < 4.78 is 15.9. The maximum absolute atomic E-state index is 8.68. The lowest BCUT2D eigenvalue weighted by Gasteiger charge is -2.09. The summed E-state index contributed by atoms with van der Waals surface area (Å²) in [4.78, 5) is 0. The summed E-state index contributed by atoms with van der Waals surface area (Å²) in [7, 11) is 1.65. The van der Waals surface area contributed by atoms with Crippen LogP contribution in [-0.2, 0) is 9.47 Å². The predicted molar refractivity (Wildman–Crippen MR) is 77.9 cm³/mol. The molecule has 0 radical (unpaired) electrons. The fourth-order valence-corrected chi connectivity index (χ4v) is 1.56. The van der Waals surface area contributed by atoms with Crippen molar-refractivity contribution in [2.24, 2.45) is 0 Å². The minimum absolute atomic E-state index is 0.0935. The van der Waals surface area contributed by atoms with E-state index in [1.54, 1.807) is 7.11 Å². The Hall–Kier alpha value is -1.54. The van der Waals surface area contributed by atoms with Gasteiger partial charge in [0.05, 0.1) is 26.4 Å². The lowest BCUT2D eigenvalue weighted by atomic mass is 10.1. The molecule has 0 amide bonds. The van der Waals surface area contributed by atoms with Crippen LogP contribution in [0.1, 0.15) is 17.5 Å². The van der Waals surface area contributed by atoms with Crippen molar-refractivity contribution < 1.29 is 19.3 Å². The quantitative estimate of drug-likeness (QED) is 0.581. The average Bonchev–Trinajstić information content (AvgIpc) is 2.45. The van der Waals surface area contributed by atoms with E-state index >= 15 is 0 Å². The zero-order chi connectivity index (χ0) is 14.6. The summed E-state index contributed by atoms with van der Waals surface area (Å²) in [6, 6.07) is 5.80. The number of ether oxygens (including phenoxy) is 3. The molecule has 4 heteroatoms. The van der Waals surface area contributed by atoms with Gasteiger partial charge in [-0.25, -0.2) is 0 Å². The lowest BCUT2D eigenvalue weighted by Crippen LogP contribution is -2.10. The molecule has 0 heterocycles. The molecule has 0 saturated heterocycles. The van der Waals surface area contributed by atoms with E-state index in [-0.39, 0.29) is 6.61 Å². The molecule has 0 atom stereocenters. The Balaban J connectivity index is 2.38. The highest BCUT2D eigenvalue weighted by Crippen LogP contribution is 2.18. The van der Waals surface area contributed by atoms with Crippen LogP contribution >= 0.6 is 0 Å². The van der Waals surface area contributed by atoms with Crippen molar-refractivity contribution in [2.75, 3.05) is 40.1 Å². The normalized spacial score (nSPS) is 9.95. The fourth-order valence-electron chi connectivity index (χ4n) is 1.56. The Bertz CT molecular complexity index is 446. The maximum atomic E-state index is 8.68. The van der Waals surface area contributed by atoms with Crippen molar-refractivity contribution in [2.45, 2.75) is 13.3 Å². The Morgan fingerprint density at radius 3 is 2.65 bits per heavy atom. The average molecular weight is 278 g/mol. The first kappa shape index (κ1) is 16.5. The molecule has 1 N–H and O–H groups in total. The number of hydrogen-bond acceptors (Lipinski definition) is 4. The van der Waals surface area contributed by atoms with Gasteiger partial charge >= 0.3 is 0 Å². The molecule has 0 unspecified atom stereocenters. The molecule has 0 aliphatic heterocycles. The Labute approximate surface area is 120 Å². The molecule has 0 bridgehead atoms. The second-order valence-corrected chi connectivity index (χ2v) is 4.21. The highest BCUT2D eigenvalue weighted by molar-refractivity contribution is 5.43. The van der Waals surface area contributed by atoms with Gasteiger partial charge in [0, 0.05) is 19.1 Å². The second-order valence-electron chi connectivity index (χ2n) is 4.21. The van der Waals surface area contributed by atoms with Gasteiger partial charge in [-0.15, -0.1) is 0 Å². The van der Waals surface area contributed by atoms with E-state index in [9.17, 15) is 0 Å². The van der Waals surface area contributed by atoms with Gasteiger partial charge in [-0.1, -0.05) is 11.8 Å². The summed E-state index contributed by atoms with van der Waals surface area (Å²) in [5, 5.41) is 8.68. The number of aliphatic hydroxyl groups is 1. The topological polar surface area (TPSA) is 47.9 Å². The number of rotatable bonds is 8. The van der Waals surface area contributed by atoms with Gasteiger partial charge in [0.25, 0.3) is 0 Å². The molecule has 0 fully saturated rings. The molecule has 0 spiro atoms. The number of methoxy groups -OCH3 is 1. The van der Waals surface area contributed by atoms with Crippen LogP contribution < -0.4 is 4.74 Å². The molecule has 0 aliphatic carbocycles. The summed E-state index contributed by atoms with van der Waals surface area (Å²) in [5.41, 5.74) is 1.97. The van der Waals surface area contributed by atoms with E-state index in [1.807, 2.05) is 25.1 Å². The minimum atomic E-state index is 0.0935. The van der Waals surface area contributed by atoms with Crippen LogP contribution in [0.25, 0.3) is 0 Å². The summed E-state index contributed by atoms with van der Waals surface area (Å²) in [6.07, 6.45) is 0.496. The van der Waals surface area contributed by atoms with Gasteiger partial charge in [-0.2, -0.15) is 0 Å². The predicted octanol–water partition coefficient (Wildman–Crippen LogP) is 1.77. The van der Waals surface area contributed by atoms with E-state index in [0.717, 1.165) is 16.9 Å². The number of hydrogen-bond donors (Lipinski definition) is 1. The van der Waals surface area contributed by atoms with Gasteiger partial charge in [0.1, 0.15) is 12.4 Å². The zero-order valence-electron chi connectivity index (χ0n) is 12.1. The van der Waals surface area contributed by atoms with Crippen LogP contribution in [0.5, 0.6) is 5.75 Å². The minimum Gasteiger partial charge on any atom is -0.491 e. The molecule has 0 saturated carbocycles. The third kappa shape index (κ3) is 6.58. The number of aliphatic hydroxyl groups excluding tert-OH is 1. The molecule has 110 valence electrons. The largest absolute Gasteiger partial charge is 0.491 e. The van der Waals surface area contributed by atoms with Crippen molar-refractivity contribution in [3.8, 4) is 17.6 Å². The van der Waals surface area contributed by atoms with Crippen molar-refractivity contribution in [3.63, 3.8) is 0 Å². The Morgan fingerprint density at radius 2 is 1.95 bits per heavy atom. The zero-order valence-corrected chi connectivity index (χ0v) is 12.1. The van der Waals surface area contributed by atoms with Gasteiger partial charge in [0.15, 0.2) is 0 Å². The van der Waals surface area contributed by atoms with E-state index in [2.05, 4.69) is 11.8 Å². The van der Waals surface area contributed by atoms with Crippen LogP contribution in [0.3, 0.4) is 0 Å². The molecule has 1 aromatic rings. The maximum Gasteiger partial charge on any atom is 0.122 e. The number of aryl methyl sites for hydroxylation is 1. The van der Waals surface area contributed by atoms with Crippen molar-refractivity contribution in [1.29, 1.82) is 0 Å². The summed E-state index contributed by atoms with van der Waals surface area (Å²) >= 11 is 0. The third-order valence-electron chi connectivity index (χ3n) is 2.56. The van der Waals surface area contributed by atoms with Crippen molar-refractivity contribution in [1.82, 2.24) is 0 Å². The smallest absolute Gasteiger partial charge is 0.122 e. The van der Waals surface area contributed by atoms with Crippen LogP contribution in [-0.4, -0.2) is 45.3 Å². The fraction of sp³-hybridized carbons (Fsp3) is 0.500. The van der Waals surface area contributed by atoms with Crippen LogP contribution in [0.15, 0.2) is 18.2 Å². The summed E-state index contributed by atoms with van der Waals surface area (Å²) in [6.45, 7) is 4.31. The third-order valence-corrected chi connectivity index (χ3v) is 2.56. The van der Waals surface area contributed by atoms with E-state index in [0.29, 0.717) is 32.8 Å². The van der Waals surface area contributed by atoms with Crippen molar-refractivity contribution >= 4 is 0 Å². The first-order valence-electron chi connectivity index (χ1n) is 6.67. The Morgan fingerprint density at radius 1 is 1.15 bits per heavy atom. The molecule has 20 heavy (non-hydrogen) atoms. The molecule has 1 aromatic carbocycles. The van der Waals surface area contributed by atoms with Crippen molar-refractivity contribution in [3.05, 3.63) is 29.3 Å². The highest BCUT2D eigenvalue weighted by atomic mass is 16.5. The van der Waals surface area contributed by atoms with Gasteiger partial charge in [-0.3, -0.25) is 0 Å². The molecule has 0 aromatic heterocycles.